The van der Waals surface area contributed by atoms with Gasteiger partial charge in [0.25, 0.3) is 5.91 Å². The molecule has 1 saturated carbocycles. The van der Waals surface area contributed by atoms with Crippen LogP contribution in [0.5, 0.6) is 0 Å². The number of rotatable bonds is 6. The lowest BCUT2D eigenvalue weighted by molar-refractivity contribution is -0.125. The normalized spacial score (nSPS) is 19.6. The molecule has 0 unspecified atom stereocenters. The molecule has 0 atom stereocenters. The number of primary amides is 1. The number of carbonyl (C=O) groups is 2. The molecule has 0 saturated heterocycles. The topological polar surface area (TPSA) is 141 Å². The van der Waals surface area contributed by atoms with Gasteiger partial charge in [0.05, 0.1) is 17.1 Å². The lowest BCUT2D eigenvalue weighted by Gasteiger charge is -2.28. The number of nitrogens with one attached hydrogen (secondary N) is 2. The number of fused-ring (bicyclic) bond motifs is 1. The quantitative estimate of drug-likeness (QED) is 0.572. The maximum absolute atomic E-state index is 12.9. The van der Waals surface area contributed by atoms with Gasteiger partial charge in [-0.05, 0) is 31.7 Å². The number of H-pyrrole nitrogens is 1. The van der Waals surface area contributed by atoms with E-state index in [9.17, 15) is 9.59 Å². The molecule has 1 aliphatic rings. The lowest BCUT2D eigenvalue weighted by Crippen LogP contribution is -2.40. The molecule has 28 heavy (non-hydrogen) atoms. The second kappa shape index (κ2) is 7.77. The molecule has 0 aromatic carbocycles. The second-order valence-corrected chi connectivity index (χ2v) is 6.80. The van der Waals surface area contributed by atoms with E-state index in [-0.39, 0.29) is 24.7 Å². The molecule has 146 valence electrons. The zero-order valence-electron chi connectivity index (χ0n) is 15.2. The standard InChI is InChI=1S/C18H21N7O3/c19-14(26)9-28-12-3-1-11(2-4-12)22-17(27)16-15-13(5-6-21-15)23-18(24-16)25-8-7-20-10-25/h5-8,10-12,21H,1-4,9H2,(H2,19,26)(H,22,27). The molecular weight excluding hydrogens is 362 g/mol. The summed E-state index contributed by atoms with van der Waals surface area (Å²) < 4.78 is 7.12. The number of aromatic amines is 1. The van der Waals surface area contributed by atoms with Gasteiger partial charge in [-0.3, -0.25) is 14.2 Å². The van der Waals surface area contributed by atoms with Crippen molar-refractivity contribution in [1.29, 1.82) is 0 Å². The van der Waals surface area contributed by atoms with Gasteiger partial charge in [0, 0.05) is 24.6 Å². The van der Waals surface area contributed by atoms with E-state index in [1.165, 1.54) is 0 Å². The minimum atomic E-state index is -0.470. The summed E-state index contributed by atoms with van der Waals surface area (Å²) in [7, 11) is 0. The Balaban J connectivity index is 1.46. The molecule has 3 heterocycles. The predicted molar refractivity (Wildman–Crippen MR) is 99.7 cm³/mol. The van der Waals surface area contributed by atoms with Gasteiger partial charge in [0.2, 0.25) is 11.9 Å². The highest BCUT2D eigenvalue weighted by Crippen LogP contribution is 2.22. The first-order valence-corrected chi connectivity index (χ1v) is 9.14. The molecule has 3 aromatic heterocycles. The molecule has 10 heteroatoms. The van der Waals surface area contributed by atoms with Gasteiger partial charge in [-0.1, -0.05) is 0 Å². The van der Waals surface area contributed by atoms with Gasteiger partial charge in [-0.25, -0.2) is 15.0 Å². The minimum Gasteiger partial charge on any atom is -0.368 e. The van der Waals surface area contributed by atoms with E-state index in [0.29, 0.717) is 22.7 Å². The van der Waals surface area contributed by atoms with Gasteiger partial charge >= 0.3 is 0 Å². The Morgan fingerprint density at radius 1 is 1.29 bits per heavy atom. The smallest absolute Gasteiger partial charge is 0.272 e. The highest BCUT2D eigenvalue weighted by Gasteiger charge is 2.25. The van der Waals surface area contributed by atoms with Gasteiger partial charge in [-0.15, -0.1) is 0 Å². The van der Waals surface area contributed by atoms with Crippen LogP contribution in [0.3, 0.4) is 0 Å². The first-order valence-electron chi connectivity index (χ1n) is 9.14. The molecule has 0 aliphatic heterocycles. The Hall–Kier alpha value is -3.27. The van der Waals surface area contributed by atoms with E-state index in [2.05, 4.69) is 25.3 Å². The molecule has 4 N–H and O–H groups in total. The number of ether oxygens (including phenoxy) is 1. The Kier molecular flexibility index (Phi) is 5.02. The van der Waals surface area contributed by atoms with Crippen LogP contribution in [0.25, 0.3) is 17.0 Å². The number of carbonyl (C=O) groups excluding carboxylic acids is 2. The Morgan fingerprint density at radius 2 is 2.11 bits per heavy atom. The summed E-state index contributed by atoms with van der Waals surface area (Å²) >= 11 is 0. The molecule has 3 aromatic rings. The van der Waals surface area contributed by atoms with Crippen LogP contribution in [0, 0.1) is 0 Å². The van der Waals surface area contributed by atoms with E-state index in [4.69, 9.17) is 10.5 Å². The molecule has 10 nitrogen and oxygen atoms in total. The third-order valence-corrected chi connectivity index (χ3v) is 4.82. The second-order valence-electron chi connectivity index (χ2n) is 6.80. The number of nitrogens with two attached hydrogens (primary N) is 1. The molecular formula is C18H21N7O3. The molecule has 4 rings (SSSR count). The van der Waals surface area contributed by atoms with E-state index in [1.54, 1.807) is 35.6 Å². The summed E-state index contributed by atoms with van der Waals surface area (Å²) in [4.78, 5) is 39.7. The van der Waals surface area contributed by atoms with Crippen LogP contribution in [0.1, 0.15) is 36.2 Å². The molecule has 0 bridgehead atoms. The van der Waals surface area contributed by atoms with Crippen LogP contribution in [-0.2, 0) is 9.53 Å². The van der Waals surface area contributed by atoms with Gasteiger partial charge in [0.1, 0.15) is 12.9 Å². The fraction of sp³-hybridized carbons (Fsp3) is 0.389. The number of amides is 2. The lowest BCUT2D eigenvalue weighted by atomic mass is 9.93. The Labute approximate surface area is 160 Å². The molecule has 0 spiro atoms. The van der Waals surface area contributed by atoms with Crippen LogP contribution in [-0.4, -0.2) is 55.1 Å². The van der Waals surface area contributed by atoms with Crippen molar-refractivity contribution in [2.45, 2.75) is 37.8 Å². The van der Waals surface area contributed by atoms with Gasteiger partial charge in [-0.2, -0.15) is 0 Å². The first-order chi connectivity index (χ1) is 13.6. The fourth-order valence-corrected chi connectivity index (χ4v) is 3.42. The zero-order valence-corrected chi connectivity index (χ0v) is 15.2. The van der Waals surface area contributed by atoms with E-state index < -0.39 is 5.91 Å². The average molecular weight is 383 g/mol. The van der Waals surface area contributed by atoms with E-state index in [1.807, 2.05) is 0 Å². The van der Waals surface area contributed by atoms with Gasteiger partial charge < -0.3 is 20.8 Å². The minimum absolute atomic E-state index is 0.00246. The fourth-order valence-electron chi connectivity index (χ4n) is 3.42. The van der Waals surface area contributed by atoms with Crippen LogP contribution in [0.15, 0.2) is 31.0 Å². The maximum Gasteiger partial charge on any atom is 0.272 e. The third kappa shape index (κ3) is 3.86. The van der Waals surface area contributed by atoms with Crippen LogP contribution >= 0.6 is 0 Å². The Bertz CT molecular complexity index is 974. The Morgan fingerprint density at radius 3 is 2.82 bits per heavy atom. The summed E-state index contributed by atoms with van der Waals surface area (Å²) in [5, 5.41) is 3.05. The summed E-state index contributed by atoms with van der Waals surface area (Å²) in [6.07, 6.45) is 9.73. The van der Waals surface area contributed by atoms with Crippen molar-refractivity contribution < 1.29 is 14.3 Å². The van der Waals surface area contributed by atoms with Gasteiger partial charge in [0.15, 0.2) is 5.69 Å². The van der Waals surface area contributed by atoms with Crippen LogP contribution in [0.4, 0.5) is 0 Å². The summed E-state index contributed by atoms with van der Waals surface area (Å²) in [6.45, 7) is -0.0650. The van der Waals surface area contributed by atoms with E-state index in [0.717, 1.165) is 25.7 Å². The molecule has 1 fully saturated rings. The predicted octanol–water partition coefficient (Wildman–Crippen LogP) is 0.687. The summed E-state index contributed by atoms with van der Waals surface area (Å²) in [5.41, 5.74) is 6.66. The van der Waals surface area contributed by atoms with E-state index >= 15 is 0 Å². The number of imidazole rings is 1. The highest BCUT2D eigenvalue weighted by molar-refractivity contribution is 6.03. The number of nitrogens with zero attached hydrogens (tertiary/aromatic N) is 4. The van der Waals surface area contributed by atoms with Crippen LogP contribution in [0.2, 0.25) is 0 Å². The van der Waals surface area contributed by atoms with Crippen molar-refractivity contribution in [3.63, 3.8) is 0 Å². The van der Waals surface area contributed by atoms with Crippen LogP contribution < -0.4 is 11.1 Å². The summed E-state index contributed by atoms with van der Waals surface area (Å²) in [6, 6.07) is 1.83. The third-order valence-electron chi connectivity index (χ3n) is 4.82. The van der Waals surface area contributed by atoms with Crippen molar-refractivity contribution in [3.05, 3.63) is 36.7 Å². The monoisotopic (exact) mass is 383 g/mol. The SMILES string of the molecule is NC(=O)COC1CCC(NC(=O)c2nc(-n3ccnc3)nc3cc[nH]c23)CC1. The van der Waals surface area contributed by atoms with Crippen molar-refractivity contribution in [2.75, 3.05) is 6.61 Å². The molecule has 1 aliphatic carbocycles. The van der Waals surface area contributed by atoms with Crippen molar-refractivity contribution in [2.24, 2.45) is 5.73 Å². The average Bonchev–Trinajstić information content (AvgIpc) is 3.38. The first kappa shape index (κ1) is 18.1. The molecule has 0 radical (unpaired) electrons. The highest BCUT2D eigenvalue weighted by atomic mass is 16.5. The number of aromatic nitrogens is 5. The van der Waals surface area contributed by atoms with Crippen molar-refractivity contribution >= 4 is 22.8 Å². The molecule has 2 amide bonds. The largest absolute Gasteiger partial charge is 0.368 e. The maximum atomic E-state index is 12.9. The number of hydrogen-bond acceptors (Lipinski definition) is 6. The zero-order chi connectivity index (χ0) is 19.5. The number of hydrogen-bond donors (Lipinski definition) is 3. The summed E-state index contributed by atoms with van der Waals surface area (Å²) in [5.74, 6) is -0.334. The van der Waals surface area contributed by atoms with Crippen molar-refractivity contribution in [3.8, 4) is 5.95 Å². The van der Waals surface area contributed by atoms with Crippen molar-refractivity contribution in [1.82, 2.24) is 29.8 Å².